The highest BCUT2D eigenvalue weighted by Crippen LogP contribution is 2.21. The molecule has 0 bridgehead atoms. The summed E-state index contributed by atoms with van der Waals surface area (Å²) in [5.74, 6) is 0.615. The summed E-state index contributed by atoms with van der Waals surface area (Å²) in [7, 11) is 0. The lowest BCUT2D eigenvalue weighted by molar-refractivity contribution is 0.164. The van der Waals surface area contributed by atoms with Crippen molar-refractivity contribution in [1.29, 1.82) is 0 Å². The third kappa shape index (κ3) is 4.32. The number of hydrogen-bond donors (Lipinski definition) is 1. The van der Waals surface area contributed by atoms with E-state index in [2.05, 4.69) is 0 Å². The fourth-order valence-electron chi connectivity index (χ4n) is 1.53. The maximum atomic E-state index is 13.1. The van der Waals surface area contributed by atoms with Gasteiger partial charge >= 0.3 is 0 Å². The lowest BCUT2D eigenvalue weighted by atomic mass is 10.0. The average molecular weight is 263 g/mol. The van der Waals surface area contributed by atoms with Gasteiger partial charge in [0.2, 0.25) is 0 Å². The van der Waals surface area contributed by atoms with Crippen molar-refractivity contribution in [3.63, 3.8) is 0 Å². The molecule has 4 heteroatoms. The minimum Gasteiger partial charge on any atom is -0.393 e. The van der Waals surface area contributed by atoms with Gasteiger partial charge in [-0.05, 0) is 42.9 Å². The van der Waals surface area contributed by atoms with Crippen LogP contribution in [0.25, 0.3) is 0 Å². The van der Waals surface area contributed by atoms with Crippen molar-refractivity contribution in [1.82, 2.24) is 0 Å². The maximum absolute atomic E-state index is 13.1. The number of aliphatic hydroxyl groups is 1. The van der Waals surface area contributed by atoms with Crippen molar-refractivity contribution in [3.05, 3.63) is 34.6 Å². The van der Waals surface area contributed by atoms with Crippen molar-refractivity contribution in [2.75, 3.05) is 12.0 Å². The van der Waals surface area contributed by atoms with E-state index in [1.54, 1.807) is 23.9 Å². The van der Waals surface area contributed by atoms with E-state index in [4.69, 9.17) is 11.6 Å². The standard InChI is InChI=1S/C12H16ClFOS/c1-16-7-3-5-10(15)8-9-4-2-6-11(14)12(9)13/h2,4,6,10,15H,3,5,7-8H2,1H3. The molecule has 1 unspecified atom stereocenters. The summed E-state index contributed by atoms with van der Waals surface area (Å²) in [6, 6.07) is 4.69. The van der Waals surface area contributed by atoms with Crippen LogP contribution in [0.2, 0.25) is 5.02 Å². The molecule has 0 spiro atoms. The average Bonchev–Trinajstić information content (AvgIpc) is 2.25. The Balaban J connectivity index is 2.49. The molecule has 1 aromatic rings. The van der Waals surface area contributed by atoms with Crippen LogP contribution in [-0.2, 0) is 6.42 Å². The maximum Gasteiger partial charge on any atom is 0.142 e. The molecule has 1 aromatic carbocycles. The van der Waals surface area contributed by atoms with E-state index in [9.17, 15) is 9.50 Å². The first-order chi connectivity index (χ1) is 7.65. The quantitative estimate of drug-likeness (QED) is 0.792. The summed E-state index contributed by atoms with van der Waals surface area (Å²) in [5, 5.41) is 9.89. The first-order valence-corrected chi connectivity index (χ1v) is 7.02. The Labute approximate surface area is 105 Å². The zero-order valence-corrected chi connectivity index (χ0v) is 10.8. The van der Waals surface area contributed by atoms with E-state index in [1.807, 2.05) is 6.26 Å². The zero-order chi connectivity index (χ0) is 12.0. The van der Waals surface area contributed by atoms with E-state index < -0.39 is 11.9 Å². The summed E-state index contributed by atoms with van der Waals surface area (Å²) >= 11 is 7.57. The van der Waals surface area contributed by atoms with Gasteiger partial charge in [-0.1, -0.05) is 23.7 Å². The van der Waals surface area contributed by atoms with Gasteiger partial charge in [-0.2, -0.15) is 11.8 Å². The van der Waals surface area contributed by atoms with Gasteiger partial charge in [0, 0.05) is 0 Å². The normalized spacial score (nSPS) is 12.8. The molecule has 1 atom stereocenters. The van der Waals surface area contributed by atoms with Crippen molar-refractivity contribution in [2.24, 2.45) is 0 Å². The summed E-state index contributed by atoms with van der Waals surface area (Å²) in [5.41, 5.74) is 0.679. The minimum absolute atomic E-state index is 0.131. The summed E-state index contributed by atoms with van der Waals surface area (Å²) < 4.78 is 13.1. The minimum atomic E-state index is -0.438. The van der Waals surface area contributed by atoms with Crippen LogP contribution < -0.4 is 0 Å². The monoisotopic (exact) mass is 262 g/mol. The fourth-order valence-corrected chi connectivity index (χ4v) is 2.18. The molecular formula is C12H16ClFOS. The summed E-state index contributed by atoms with van der Waals surface area (Å²) in [6.07, 6.45) is 3.72. The number of thioether (sulfide) groups is 1. The Bertz CT molecular complexity index is 333. The predicted octanol–water partition coefficient (Wildman–Crippen LogP) is 3.53. The highest BCUT2D eigenvalue weighted by Gasteiger charge is 2.10. The lowest BCUT2D eigenvalue weighted by Crippen LogP contribution is -2.11. The highest BCUT2D eigenvalue weighted by molar-refractivity contribution is 7.98. The van der Waals surface area contributed by atoms with Gasteiger partial charge in [-0.3, -0.25) is 0 Å². The molecule has 0 radical (unpaired) electrons. The van der Waals surface area contributed by atoms with Crippen molar-refractivity contribution < 1.29 is 9.50 Å². The zero-order valence-electron chi connectivity index (χ0n) is 9.25. The third-order valence-corrected chi connectivity index (χ3v) is 3.49. The molecule has 16 heavy (non-hydrogen) atoms. The highest BCUT2D eigenvalue weighted by atomic mass is 35.5. The Hall–Kier alpha value is -0.250. The second-order valence-electron chi connectivity index (χ2n) is 3.71. The van der Waals surface area contributed by atoms with Gasteiger partial charge in [0.1, 0.15) is 5.82 Å². The summed E-state index contributed by atoms with van der Waals surface area (Å²) in [6.45, 7) is 0. The van der Waals surface area contributed by atoms with Crippen LogP contribution in [-0.4, -0.2) is 23.2 Å². The Morgan fingerprint density at radius 1 is 1.50 bits per heavy atom. The first kappa shape index (κ1) is 13.8. The smallest absolute Gasteiger partial charge is 0.142 e. The van der Waals surface area contributed by atoms with E-state index in [0.29, 0.717) is 12.0 Å². The van der Waals surface area contributed by atoms with Gasteiger partial charge in [0.15, 0.2) is 0 Å². The van der Waals surface area contributed by atoms with E-state index in [0.717, 1.165) is 18.6 Å². The van der Waals surface area contributed by atoms with E-state index in [1.165, 1.54) is 6.07 Å². The van der Waals surface area contributed by atoms with Crippen LogP contribution in [0.3, 0.4) is 0 Å². The second kappa shape index (κ2) is 7.15. The number of halogens is 2. The van der Waals surface area contributed by atoms with Crippen LogP contribution in [0.15, 0.2) is 18.2 Å². The van der Waals surface area contributed by atoms with Gasteiger partial charge in [0.25, 0.3) is 0 Å². The van der Waals surface area contributed by atoms with Crippen LogP contribution in [0.5, 0.6) is 0 Å². The molecule has 0 aliphatic heterocycles. The van der Waals surface area contributed by atoms with Crippen LogP contribution in [0.4, 0.5) is 4.39 Å². The molecule has 1 N–H and O–H groups in total. The molecular weight excluding hydrogens is 247 g/mol. The van der Waals surface area contributed by atoms with Crippen LogP contribution in [0, 0.1) is 5.82 Å². The largest absolute Gasteiger partial charge is 0.393 e. The SMILES string of the molecule is CSCCCC(O)Cc1cccc(F)c1Cl. The molecule has 0 saturated heterocycles. The Morgan fingerprint density at radius 3 is 2.94 bits per heavy atom. The van der Waals surface area contributed by atoms with Gasteiger partial charge in [-0.15, -0.1) is 0 Å². The van der Waals surface area contributed by atoms with Gasteiger partial charge < -0.3 is 5.11 Å². The number of benzene rings is 1. The van der Waals surface area contributed by atoms with Crippen molar-refractivity contribution in [3.8, 4) is 0 Å². The molecule has 0 saturated carbocycles. The first-order valence-electron chi connectivity index (χ1n) is 5.25. The Morgan fingerprint density at radius 2 is 2.25 bits per heavy atom. The fraction of sp³-hybridized carbons (Fsp3) is 0.500. The number of hydrogen-bond acceptors (Lipinski definition) is 2. The Kier molecular flexibility index (Phi) is 6.17. The molecule has 0 fully saturated rings. The molecule has 1 nitrogen and oxygen atoms in total. The van der Waals surface area contributed by atoms with Crippen molar-refractivity contribution >= 4 is 23.4 Å². The van der Waals surface area contributed by atoms with E-state index >= 15 is 0 Å². The third-order valence-electron chi connectivity index (χ3n) is 2.37. The molecule has 0 amide bonds. The molecule has 0 aromatic heterocycles. The van der Waals surface area contributed by atoms with Crippen LogP contribution in [0.1, 0.15) is 18.4 Å². The number of rotatable bonds is 6. The van der Waals surface area contributed by atoms with Gasteiger partial charge in [-0.25, -0.2) is 4.39 Å². The van der Waals surface area contributed by atoms with Crippen LogP contribution >= 0.6 is 23.4 Å². The molecule has 0 aliphatic rings. The molecule has 90 valence electrons. The van der Waals surface area contributed by atoms with Crippen molar-refractivity contribution in [2.45, 2.75) is 25.4 Å². The van der Waals surface area contributed by atoms with Gasteiger partial charge in [0.05, 0.1) is 11.1 Å². The molecule has 0 aliphatic carbocycles. The van der Waals surface area contributed by atoms with E-state index in [-0.39, 0.29) is 5.02 Å². The predicted molar refractivity (Wildman–Crippen MR) is 68.7 cm³/mol. The summed E-state index contributed by atoms with van der Waals surface area (Å²) in [4.78, 5) is 0. The lowest BCUT2D eigenvalue weighted by Gasteiger charge is -2.11. The molecule has 1 rings (SSSR count). The topological polar surface area (TPSA) is 20.2 Å². The second-order valence-corrected chi connectivity index (χ2v) is 5.07. The number of aliphatic hydroxyl groups excluding tert-OH is 1. The molecule has 0 heterocycles.